The Kier molecular flexibility index (Phi) is 8.20. The third-order valence-electron chi connectivity index (χ3n) is 12.4. The molecule has 11 rings (SSSR count). The third kappa shape index (κ3) is 5.71. The van der Waals surface area contributed by atoms with Crippen LogP contribution in [0.3, 0.4) is 0 Å². The fourth-order valence-electron chi connectivity index (χ4n) is 9.54. The molecule has 0 saturated heterocycles. The maximum absolute atomic E-state index is 2.48. The van der Waals surface area contributed by atoms with Crippen molar-refractivity contribution in [2.45, 2.75) is 19.3 Å². The Morgan fingerprint density at radius 3 is 1.66 bits per heavy atom. The monoisotopic (exact) mass is 754 g/mol. The predicted molar refractivity (Wildman–Crippen MR) is 249 cm³/mol. The highest BCUT2D eigenvalue weighted by Crippen LogP contribution is 2.53. The number of rotatable bonds is 6. The van der Waals surface area contributed by atoms with Gasteiger partial charge in [-0.1, -0.05) is 178 Å². The predicted octanol–water partition coefficient (Wildman–Crippen LogP) is 15.6. The summed E-state index contributed by atoms with van der Waals surface area (Å²) in [5, 5.41) is 3.71. The fourth-order valence-corrected chi connectivity index (χ4v) is 9.54. The zero-order valence-electron chi connectivity index (χ0n) is 33.2. The molecule has 0 radical (unpaired) electrons. The van der Waals surface area contributed by atoms with Gasteiger partial charge in [0, 0.05) is 44.4 Å². The second-order valence-corrected chi connectivity index (χ2v) is 16.1. The molecule has 0 bridgehead atoms. The van der Waals surface area contributed by atoms with Gasteiger partial charge in [0.15, 0.2) is 0 Å². The molecule has 0 N–H and O–H groups in total. The summed E-state index contributed by atoms with van der Waals surface area (Å²) >= 11 is 0. The average Bonchev–Trinajstić information content (AvgIpc) is 3.61. The minimum atomic E-state index is -0.179. The first-order valence-electron chi connectivity index (χ1n) is 20.5. The summed E-state index contributed by atoms with van der Waals surface area (Å²) in [6.45, 7) is 4.74. The number of anilines is 3. The highest BCUT2D eigenvalue weighted by atomic mass is 15.1. The lowest BCUT2D eigenvalue weighted by atomic mass is 9.75. The molecule has 2 nitrogen and oxygen atoms in total. The van der Waals surface area contributed by atoms with Crippen LogP contribution in [0.4, 0.5) is 17.1 Å². The molecule has 9 aromatic carbocycles. The molecular weight excluding hydrogens is 713 g/mol. The molecule has 10 aromatic rings. The summed E-state index contributed by atoms with van der Waals surface area (Å²) in [6, 6.07) is 79.8. The Morgan fingerprint density at radius 2 is 0.932 bits per heavy atom. The van der Waals surface area contributed by atoms with Crippen LogP contribution in [-0.4, -0.2) is 4.57 Å². The maximum atomic E-state index is 2.48. The lowest BCUT2D eigenvalue weighted by Crippen LogP contribution is -2.20. The fraction of sp³-hybridized carbons (Fsp3) is 0.0526. The molecule has 1 aliphatic carbocycles. The Morgan fingerprint density at radius 1 is 0.407 bits per heavy atom. The van der Waals surface area contributed by atoms with Crippen LogP contribution in [0, 0.1) is 0 Å². The summed E-state index contributed by atoms with van der Waals surface area (Å²) in [4.78, 5) is 2.36. The zero-order valence-corrected chi connectivity index (χ0v) is 33.2. The quantitative estimate of drug-likeness (QED) is 0.164. The molecule has 59 heavy (non-hydrogen) atoms. The van der Waals surface area contributed by atoms with E-state index in [1.54, 1.807) is 0 Å². The summed E-state index contributed by atoms with van der Waals surface area (Å²) in [5.41, 5.74) is 18.2. The van der Waals surface area contributed by atoms with Crippen molar-refractivity contribution in [2.75, 3.05) is 4.90 Å². The summed E-state index contributed by atoms with van der Waals surface area (Å²) in [6.07, 6.45) is 0. The Bertz CT molecular complexity index is 3150. The molecule has 2 heteroatoms. The second-order valence-electron chi connectivity index (χ2n) is 16.1. The van der Waals surface area contributed by atoms with Gasteiger partial charge in [-0.3, -0.25) is 0 Å². The number of benzene rings is 9. The summed E-state index contributed by atoms with van der Waals surface area (Å²) in [5.74, 6) is 0. The molecule has 0 saturated carbocycles. The molecule has 280 valence electrons. The summed E-state index contributed by atoms with van der Waals surface area (Å²) in [7, 11) is 0. The van der Waals surface area contributed by atoms with Crippen LogP contribution in [0.1, 0.15) is 25.0 Å². The molecule has 0 amide bonds. The van der Waals surface area contributed by atoms with Gasteiger partial charge in [0.25, 0.3) is 0 Å². The van der Waals surface area contributed by atoms with Gasteiger partial charge in [0.2, 0.25) is 0 Å². The van der Waals surface area contributed by atoms with Gasteiger partial charge in [0.05, 0.1) is 16.9 Å². The van der Waals surface area contributed by atoms with E-state index in [2.05, 4.69) is 242 Å². The lowest BCUT2D eigenvalue weighted by Gasteiger charge is -2.28. The van der Waals surface area contributed by atoms with Gasteiger partial charge in [0.1, 0.15) is 0 Å². The van der Waals surface area contributed by atoms with Crippen molar-refractivity contribution in [3.05, 3.63) is 230 Å². The van der Waals surface area contributed by atoms with E-state index in [1.165, 1.54) is 77.4 Å². The largest absolute Gasteiger partial charge is 0.310 e. The number of nitrogens with zero attached hydrogens (tertiary/aromatic N) is 2. The van der Waals surface area contributed by atoms with Crippen LogP contribution in [0.2, 0.25) is 0 Å². The van der Waals surface area contributed by atoms with Gasteiger partial charge in [-0.15, -0.1) is 0 Å². The first-order valence-corrected chi connectivity index (χ1v) is 20.5. The molecule has 1 aliphatic rings. The minimum absolute atomic E-state index is 0.179. The number of aromatic nitrogens is 1. The first-order chi connectivity index (χ1) is 29.0. The van der Waals surface area contributed by atoms with Crippen LogP contribution in [0.5, 0.6) is 0 Å². The zero-order chi connectivity index (χ0) is 39.5. The van der Waals surface area contributed by atoms with E-state index in [1.807, 2.05) is 0 Å². The highest BCUT2D eigenvalue weighted by Gasteiger charge is 2.36. The van der Waals surface area contributed by atoms with Crippen LogP contribution >= 0.6 is 0 Å². The van der Waals surface area contributed by atoms with Crippen LogP contribution in [0.25, 0.3) is 72.0 Å². The third-order valence-corrected chi connectivity index (χ3v) is 12.4. The van der Waals surface area contributed by atoms with Crippen LogP contribution in [0.15, 0.2) is 218 Å². The molecule has 1 heterocycles. The minimum Gasteiger partial charge on any atom is -0.310 e. The Balaban J connectivity index is 1.00. The van der Waals surface area contributed by atoms with Crippen molar-refractivity contribution in [1.82, 2.24) is 4.57 Å². The standard InChI is InChI=1S/C57H42N2/c1-57(2)51-25-13-11-23-48(51)55-50-38-43(34-37-54(50)59(45-20-7-4-8-21-45)56(55)49-24-12-14-26-52(49)57)41-30-28-39(29-31-41)40-32-35-46(36-33-40)58(44-18-5-3-6-19-44)53-27-15-17-42-16-9-10-22-47(42)53/h3-38H,1-2H3. The van der Waals surface area contributed by atoms with Crippen molar-refractivity contribution in [3.63, 3.8) is 0 Å². The molecule has 0 spiro atoms. The molecule has 0 atom stereocenters. The number of para-hydroxylation sites is 2. The normalized spacial score (nSPS) is 12.7. The molecular formula is C57H42N2. The van der Waals surface area contributed by atoms with Crippen LogP contribution in [-0.2, 0) is 5.41 Å². The van der Waals surface area contributed by atoms with E-state index in [9.17, 15) is 0 Å². The average molecular weight is 755 g/mol. The second kappa shape index (κ2) is 13.9. The van der Waals surface area contributed by atoms with Crippen molar-refractivity contribution in [1.29, 1.82) is 0 Å². The van der Waals surface area contributed by atoms with E-state index < -0.39 is 0 Å². The van der Waals surface area contributed by atoms with Gasteiger partial charge in [-0.05, 0) is 98.9 Å². The number of hydrogen-bond acceptors (Lipinski definition) is 1. The molecule has 0 unspecified atom stereocenters. The van der Waals surface area contributed by atoms with Crippen molar-refractivity contribution >= 4 is 38.7 Å². The maximum Gasteiger partial charge on any atom is 0.0622 e. The van der Waals surface area contributed by atoms with Gasteiger partial charge in [-0.2, -0.15) is 0 Å². The van der Waals surface area contributed by atoms with Gasteiger partial charge in [-0.25, -0.2) is 0 Å². The van der Waals surface area contributed by atoms with Crippen LogP contribution < -0.4 is 4.90 Å². The topological polar surface area (TPSA) is 8.17 Å². The summed E-state index contributed by atoms with van der Waals surface area (Å²) < 4.78 is 2.48. The van der Waals surface area contributed by atoms with Gasteiger partial charge >= 0.3 is 0 Å². The smallest absolute Gasteiger partial charge is 0.0622 e. The Hall–Kier alpha value is -7.42. The molecule has 0 aliphatic heterocycles. The van der Waals surface area contributed by atoms with E-state index in [-0.39, 0.29) is 5.41 Å². The highest BCUT2D eigenvalue weighted by molar-refractivity contribution is 6.09. The van der Waals surface area contributed by atoms with E-state index in [0.29, 0.717) is 0 Å². The van der Waals surface area contributed by atoms with E-state index in [4.69, 9.17) is 0 Å². The SMILES string of the molecule is CC1(C)c2ccccc2-c2c(n(-c3ccccc3)c3ccc(-c4ccc(-c5ccc(N(c6ccccc6)c6cccc7ccccc67)cc5)cc4)cc23)-c2ccccc21. The first kappa shape index (κ1) is 34.8. The van der Waals surface area contributed by atoms with E-state index in [0.717, 1.165) is 22.7 Å². The molecule has 0 fully saturated rings. The van der Waals surface area contributed by atoms with Crippen molar-refractivity contribution in [2.24, 2.45) is 0 Å². The van der Waals surface area contributed by atoms with Crippen molar-refractivity contribution in [3.8, 4) is 50.3 Å². The lowest BCUT2D eigenvalue weighted by molar-refractivity contribution is 0.646. The number of hydrogen-bond donors (Lipinski definition) is 0. The van der Waals surface area contributed by atoms with Gasteiger partial charge < -0.3 is 9.47 Å². The molecule has 1 aromatic heterocycles. The van der Waals surface area contributed by atoms with E-state index >= 15 is 0 Å². The number of fused-ring (bicyclic) bond motifs is 8. The Labute approximate surface area is 345 Å². The van der Waals surface area contributed by atoms with Crippen molar-refractivity contribution < 1.29 is 0 Å².